The third-order valence-corrected chi connectivity index (χ3v) is 4.86. The lowest BCUT2D eigenvalue weighted by molar-refractivity contribution is -0.123. The Morgan fingerprint density at radius 2 is 1.68 bits per heavy atom. The van der Waals surface area contributed by atoms with Gasteiger partial charge in [-0.15, -0.1) is 0 Å². The van der Waals surface area contributed by atoms with Gasteiger partial charge >= 0.3 is 5.97 Å². The number of hydrogen-bond donors (Lipinski definition) is 1. The van der Waals surface area contributed by atoms with E-state index < -0.39 is 17.7 Å². The highest BCUT2D eigenvalue weighted by Crippen LogP contribution is 2.29. The van der Waals surface area contributed by atoms with Crippen molar-refractivity contribution in [3.63, 3.8) is 0 Å². The Bertz CT molecular complexity index is 1200. The molecule has 0 atom stereocenters. The average Bonchev–Trinajstić information content (AvgIpc) is 2.84. The van der Waals surface area contributed by atoms with Gasteiger partial charge in [0.1, 0.15) is 17.3 Å². The Morgan fingerprint density at radius 1 is 0.971 bits per heavy atom. The van der Waals surface area contributed by atoms with Crippen LogP contribution in [0.4, 0.5) is 4.39 Å². The lowest BCUT2D eigenvalue weighted by Crippen LogP contribution is -2.24. The third-order valence-electron chi connectivity index (χ3n) is 4.37. The summed E-state index contributed by atoms with van der Waals surface area (Å²) in [6, 6.07) is 14.9. The van der Waals surface area contributed by atoms with Crippen LogP contribution in [-0.2, 0) is 4.79 Å². The van der Waals surface area contributed by atoms with Gasteiger partial charge in [-0.25, -0.2) is 14.6 Å². The van der Waals surface area contributed by atoms with Crippen molar-refractivity contribution in [2.45, 2.75) is 0 Å². The molecular weight excluding hydrogens is 511 g/mol. The second-order valence-electron chi connectivity index (χ2n) is 6.68. The van der Waals surface area contributed by atoms with Crippen LogP contribution in [0.1, 0.15) is 15.9 Å². The number of ether oxygens (including phenoxy) is 4. The summed E-state index contributed by atoms with van der Waals surface area (Å²) in [4.78, 5) is 24.6. The molecule has 10 heteroatoms. The quantitative estimate of drug-likeness (QED) is 0.191. The number of hydrogen-bond acceptors (Lipinski definition) is 7. The maximum Gasteiger partial charge on any atom is 0.343 e. The Hall–Kier alpha value is -3.92. The van der Waals surface area contributed by atoms with Crippen LogP contribution in [-0.4, -0.2) is 38.9 Å². The number of benzene rings is 3. The molecule has 1 N–H and O–H groups in total. The number of amides is 1. The first-order chi connectivity index (χ1) is 16.4. The van der Waals surface area contributed by atoms with Crippen molar-refractivity contribution in [2.75, 3.05) is 20.8 Å². The standard InChI is InChI=1S/C24H20BrFN2O6/c1-31-21-9-3-15(12-22(21)32-2)24(30)34-20-10-4-17(25)11-16(20)13-27-28-23(29)14-33-19-7-5-18(26)6-8-19/h3-13H,14H2,1-2H3,(H,28,29). The van der Waals surface area contributed by atoms with Gasteiger partial charge in [-0.05, 0) is 60.7 Å². The molecule has 0 aliphatic heterocycles. The summed E-state index contributed by atoms with van der Waals surface area (Å²) >= 11 is 3.35. The molecule has 3 rings (SSSR count). The molecule has 1 amide bonds. The van der Waals surface area contributed by atoms with Crippen molar-refractivity contribution in [1.82, 2.24) is 5.43 Å². The fourth-order valence-electron chi connectivity index (χ4n) is 2.72. The molecule has 34 heavy (non-hydrogen) atoms. The first kappa shape index (κ1) is 24.7. The van der Waals surface area contributed by atoms with Crippen molar-refractivity contribution in [1.29, 1.82) is 0 Å². The maximum absolute atomic E-state index is 12.9. The van der Waals surface area contributed by atoms with Crippen LogP contribution >= 0.6 is 15.9 Å². The van der Waals surface area contributed by atoms with Crippen molar-refractivity contribution in [3.8, 4) is 23.0 Å². The molecule has 176 valence electrons. The van der Waals surface area contributed by atoms with E-state index in [1.807, 2.05) is 0 Å². The normalized spacial score (nSPS) is 10.6. The Labute approximate surface area is 203 Å². The van der Waals surface area contributed by atoms with E-state index in [0.717, 1.165) is 0 Å². The van der Waals surface area contributed by atoms with Crippen LogP contribution in [0.3, 0.4) is 0 Å². The summed E-state index contributed by atoms with van der Waals surface area (Å²) in [6.07, 6.45) is 1.33. The zero-order valence-corrected chi connectivity index (χ0v) is 19.8. The number of carbonyl (C=O) groups is 2. The SMILES string of the molecule is COc1ccc(C(=O)Oc2ccc(Br)cc2C=NNC(=O)COc2ccc(F)cc2)cc1OC. The van der Waals surface area contributed by atoms with Gasteiger partial charge in [0.15, 0.2) is 18.1 Å². The summed E-state index contributed by atoms with van der Waals surface area (Å²) < 4.78 is 34.8. The van der Waals surface area contributed by atoms with Crippen LogP contribution in [0.15, 0.2) is 70.2 Å². The van der Waals surface area contributed by atoms with Gasteiger partial charge in [0.25, 0.3) is 5.91 Å². The number of rotatable bonds is 9. The van der Waals surface area contributed by atoms with Crippen molar-refractivity contribution in [2.24, 2.45) is 5.10 Å². The van der Waals surface area contributed by atoms with Crippen LogP contribution in [0.25, 0.3) is 0 Å². The molecular formula is C24H20BrFN2O6. The van der Waals surface area contributed by atoms with Gasteiger partial charge in [-0.1, -0.05) is 15.9 Å². The highest BCUT2D eigenvalue weighted by atomic mass is 79.9. The molecule has 0 aromatic heterocycles. The van der Waals surface area contributed by atoms with E-state index in [2.05, 4.69) is 26.5 Å². The van der Waals surface area contributed by atoms with Crippen molar-refractivity contribution >= 4 is 34.0 Å². The van der Waals surface area contributed by atoms with Gasteiger partial charge < -0.3 is 18.9 Å². The van der Waals surface area contributed by atoms with Crippen LogP contribution in [0.5, 0.6) is 23.0 Å². The molecule has 0 saturated carbocycles. The second-order valence-corrected chi connectivity index (χ2v) is 7.59. The predicted molar refractivity (Wildman–Crippen MR) is 126 cm³/mol. The maximum atomic E-state index is 12.9. The van der Waals surface area contributed by atoms with Gasteiger partial charge in [-0.2, -0.15) is 5.10 Å². The molecule has 0 bridgehead atoms. The second kappa shape index (κ2) is 11.8. The molecule has 3 aromatic carbocycles. The average molecular weight is 531 g/mol. The molecule has 0 saturated heterocycles. The molecule has 0 aliphatic carbocycles. The zero-order chi connectivity index (χ0) is 24.5. The minimum atomic E-state index is -0.616. The van der Waals surface area contributed by atoms with Crippen LogP contribution in [0, 0.1) is 5.82 Å². The summed E-state index contributed by atoms with van der Waals surface area (Å²) in [7, 11) is 2.96. The van der Waals surface area contributed by atoms with Crippen LogP contribution < -0.4 is 24.4 Å². The van der Waals surface area contributed by atoms with Crippen molar-refractivity contribution < 1.29 is 32.9 Å². The Morgan fingerprint density at radius 3 is 2.38 bits per heavy atom. The molecule has 8 nitrogen and oxygen atoms in total. The monoisotopic (exact) mass is 530 g/mol. The fourth-order valence-corrected chi connectivity index (χ4v) is 3.10. The molecule has 0 unspecified atom stereocenters. The lowest BCUT2D eigenvalue weighted by Gasteiger charge is -2.11. The minimum absolute atomic E-state index is 0.226. The van der Waals surface area contributed by atoms with Crippen molar-refractivity contribution in [3.05, 3.63) is 82.1 Å². The Balaban J connectivity index is 1.65. The van der Waals surface area contributed by atoms with E-state index in [0.29, 0.717) is 27.3 Å². The summed E-state index contributed by atoms with van der Waals surface area (Å²) in [5.41, 5.74) is 3.01. The van der Waals surface area contributed by atoms with E-state index in [9.17, 15) is 14.0 Å². The molecule has 0 heterocycles. The number of hydrazone groups is 1. The van der Waals surface area contributed by atoms with Gasteiger partial charge in [0, 0.05) is 10.0 Å². The molecule has 3 aromatic rings. The highest BCUT2D eigenvalue weighted by Gasteiger charge is 2.15. The number of esters is 1. The molecule has 0 spiro atoms. The Kier molecular flexibility index (Phi) is 8.58. The summed E-state index contributed by atoms with van der Waals surface area (Å²) in [5, 5.41) is 3.89. The number of nitrogens with one attached hydrogen (secondary N) is 1. The van der Waals surface area contributed by atoms with Crippen LogP contribution in [0.2, 0.25) is 0 Å². The molecule has 0 radical (unpaired) electrons. The lowest BCUT2D eigenvalue weighted by atomic mass is 10.2. The largest absolute Gasteiger partial charge is 0.493 e. The number of nitrogens with zero attached hydrogens (tertiary/aromatic N) is 1. The topological polar surface area (TPSA) is 95.5 Å². The number of carbonyl (C=O) groups excluding carboxylic acids is 2. The summed E-state index contributed by atoms with van der Waals surface area (Å²) in [5.74, 6) is -0.109. The number of methoxy groups -OCH3 is 2. The summed E-state index contributed by atoms with van der Waals surface area (Å²) in [6.45, 7) is -0.317. The fraction of sp³-hybridized carbons (Fsp3) is 0.125. The van der Waals surface area contributed by atoms with E-state index in [-0.39, 0.29) is 17.9 Å². The third kappa shape index (κ3) is 6.79. The highest BCUT2D eigenvalue weighted by molar-refractivity contribution is 9.10. The van der Waals surface area contributed by atoms with E-state index in [1.165, 1.54) is 50.8 Å². The first-order valence-electron chi connectivity index (χ1n) is 9.83. The minimum Gasteiger partial charge on any atom is -0.493 e. The predicted octanol–water partition coefficient (Wildman–Crippen LogP) is 4.35. The van der Waals surface area contributed by atoms with E-state index >= 15 is 0 Å². The van der Waals surface area contributed by atoms with E-state index in [4.69, 9.17) is 18.9 Å². The number of halogens is 2. The van der Waals surface area contributed by atoms with Gasteiger partial charge in [0.05, 0.1) is 26.0 Å². The smallest absolute Gasteiger partial charge is 0.343 e. The zero-order valence-electron chi connectivity index (χ0n) is 18.2. The van der Waals surface area contributed by atoms with Gasteiger partial charge in [0.2, 0.25) is 0 Å². The molecule has 0 aliphatic rings. The van der Waals surface area contributed by atoms with Gasteiger partial charge in [-0.3, -0.25) is 4.79 Å². The first-order valence-corrected chi connectivity index (χ1v) is 10.6. The molecule has 0 fully saturated rings. The van der Waals surface area contributed by atoms with E-state index in [1.54, 1.807) is 30.3 Å².